The van der Waals surface area contributed by atoms with E-state index >= 15 is 0 Å². The first kappa shape index (κ1) is 13.8. The topological polar surface area (TPSA) is 30.5 Å². The second-order valence-corrected chi connectivity index (χ2v) is 6.77. The summed E-state index contributed by atoms with van der Waals surface area (Å²) in [7, 11) is 0. The van der Waals surface area contributed by atoms with Crippen molar-refractivity contribution in [2.45, 2.75) is 63.5 Å². The zero-order valence-electron chi connectivity index (χ0n) is 12.3. The molecular formula is C16H29NO2. The molecule has 2 aliphatic heterocycles. The molecule has 19 heavy (non-hydrogen) atoms. The third kappa shape index (κ3) is 3.14. The van der Waals surface area contributed by atoms with Crippen LogP contribution in [0.15, 0.2) is 0 Å². The Morgan fingerprint density at radius 2 is 2.16 bits per heavy atom. The maximum atomic E-state index is 6.08. The van der Waals surface area contributed by atoms with Gasteiger partial charge in [-0.15, -0.1) is 0 Å². The highest BCUT2D eigenvalue weighted by Gasteiger charge is 2.44. The lowest BCUT2D eigenvalue weighted by atomic mass is 9.69. The number of ether oxygens (including phenoxy) is 2. The molecule has 2 saturated heterocycles. The second kappa shape index (κ2) is 6.11. The molecule has 3 heteroatoms. The molecule has 1 spiro atoms. The summed E-state index contributed by atoms with van der Waals surface area (Å²) in [5, 5.41) is 3.75. The van der Waals surface area contributed by atoms with E-state index in [1.54, 1.807) is 0 Å². The summed E-state index contributed by atoms with van der Waals surface area (Å²) in [6.45, 7) is 6.25. The van der Waals surface area contributed by atoms with Gasteiger partial charge < -0.3 is 14.8 Å². The standard InChI is InChI=1S/C16H29NO2/c1-2-17-15(10-13-4-8-18-12-13)14-5-9-19-16(11-14)6-3-7-16/h13-15,17H,2-12H2,1H3. The van der Waals surface area contributed by atoms with E-state index < -0.39 is 0 Å². The third-order valence-electron chi connectivity index (χ3n) is 5.44. The number of nitrogens with one attached hydrogen (secondary N) is 1. The van der Waals surface area contributed by atoms with Crippen LogP contribution in [0.5, 0.6) is 0 Å². The van der Waals surface area contributed by atoms with Crippen LogP contribution in [0.1, 0.15) is 51.9 Å². The predicted molar refractivity (Wildman–Crippen MR) is 76.3 cm³/mol. The van der Waals surface area contributed by atoms with Crippen LogP contribution in [0.2, 0.25) is 0 Å². The molecule has 1 saturated carbocycles. The summed E-state index contributed by atoms with van der Waals surface area (Å²) < 4.78 is 11.6. The highest BCUT2D eigenvalue weighted by atomic mass is 16.5. The maximum absolute atomic E-state index is 6.08. The van der Waals surface area contributed by atoms with Crippen LogP contribution in [-0.4, -0.2) is 38.0 Å². The molecule has 3 rings (SSSR count). The maximum Gasteiger partial charge on any atom is 0.0685 e. The van der Waals surface area contributed by atoms with Crippen molar-refractivity contribution in [1.82, 2.24) is 5.32 Å². The van der Waals surface area contributed by atoms with E-state index in [1.165, 1.54) is 44.9 Å². The number of hydrogen-bond acceptors (Lipinski definition) is 3. The van der Waals surface area contributed by atoms with Crippen LogP contribution in [0, 0.1) is 11.8 Å². The monoisotopic (exact) mass is 267 g/mol. The molecule has 2 heterocycles. The van der Waals surface area contributed by atoms with Gasteiger partial charge in [0.2, 0.25) is 0 Å². The Morgan fingerprint density at radius 1 is 1.26 bits per heavy atom. The molecule has 110 valence electrons. The second-order valence-electron chi connectivity index (χ2n) is 6.77. The van der Waals surface area contributed by atoms with E-state index in [0.717, 1.165) is 38.2 Å². The van der Waals surface area contributed by atoms with Gasteiger partial charge in [0.05, 0.1) is 5.60 Å². The van der Waals surface area contributed by atoms with E-state index in [4.69, 9.17) is 9.47 Å². The van der Waals surface area contributed by atoms with E-state index in [-0.39, 0.29) is 5.60 Å². The van der Waals surface area contributed by atoms with Gasteiger partial charge in [-0.3, -0.25) is 0 Å². The van der Waals surface area contributed by atoms with Crippen molar-refractivity contribution in [2.75, 3.05) is 26.4 Å². The highest BCUT2D eigenvalue weighted by molar-refractivity contribution is 4.97. The molecule has 0 bridgehead atoms. The van der Waals surface area contributed by atoms with Crippen molar-refractivity contribution < 1.29 is 9.47 Å². The molecular weight excluding hydrogens is 238 g/mol. The normalized spacial score (nSPS) is 35.2. The molecule has 3 fully saturated rings. The van der Waals surface area contributed by atoms with Gasteiger partial charge in [-0.2, -0.15) is 0 Å². The van der Waals surface area contributed by atoms with Crippen LogP contribution in [0.25, 0.3) is 0 Å². The first-order valence-corrected chi connectivity index (χ1v) is 8.26. The van der Waals surface area contributed by atoms with Crippen LogP contribution >= 0.6 is 0 Å². The summed E-state index contributed by atoms with van der Waals surface area (Å²) in [5.74, 6) is 1.60. The zero-order valence-corrected chi connectivity index (χ0v) is 12.3. The molecule has 3 nitrogen and oxygen atoms in total. The molecule has 3 aliphatic rings. The predicted octanol–water partition coefficient (Wildman–Crippen LogP) is 2.74. The van der Waals surface area contributed by atoms with Crippen LogP contribution in [-0.2, 0) is 9.47 Å². The fourth-order valence-corrected chi connectivity index (χ4v) is 4.16. The lowest BCUT2D eigenvalue weighted by Gasteiger charge is -2.49. The molecule has 1 aliphatic carbocycles. The minimum absolute atomic E-state index is 0.281. The van der Waals surface area contributed by atoms with Gasteiger partial charge in [0.1, 0.15) is 0 Å². The molecule has 3 atom stereocenters. The summed E-state index contributed by atoms with van der Waals surface area (Å²) in [6.07, 6.45) is 9.06. The molecule has 0 radical (unpaired) electrons. The Morgan fingerprint density at radius 3 is 2.79 bits per heavy atom. The van der Waals surface area contributed by atoms with E-state index in [1.807, 2.05) is 0 Å². The van der Waals surface area contributed by atoms with Crippen molar-refractivity contribution in [2.24, 2.45) is 11.8 Å². The van der Waals surface area contributed by atoms with Crippen LogP contribution in [0.3, 0.4) is 0 Å². The van der Waals surface area contributed by atoms with Crippen LogP contribution in [0.4, 0.5) is 0 Å². The van der Waals surface area contributed by atoms with Crippen molar-refractivity contribution in [3.05, 3.63) is 0 Å². The summed E-state index contributed by atoms with van der Waals surface area (Å²) >= 11 is 0. The van der Waals surface area contributed by atoms with E-state index in [0.29, 0.717) is 6.04 Å². The fourth-order valence-electron chi connectivity index (χ4n) is 4.16. The molecule has 0 aromatic carbocycles. The quantitative estimate of drug-likeness (QED) is 0.831. The smallest absolute Gasteiger partial charge is 0.0685 e. The van der Waals surface area contributed by atoms with Gasteiger partial charge in [0.25, 0.3) is 0 Å². The van der Waals surface area contributed by atoms with Crippen molar-refractivity contribution in [3.63, 3.8) is 0 Å². The Hall–Kier alpha value is -0.120. The van der Waals surface area contributed by atoms with E-state index in [9.17, 15) is 0 Å². The molecule has 0 amide bonds. The van der Waals surface area contributed by atoms with Crippen molar-refractivity contribution in [3.8, 4) is 0 Å². The number of hydrogen-bond donors (Lipinski definition) is 1. The Kier molecular flexibility index (Phi) is 4.45. The van der Waals surface area contributed by atoms with Crippen molar-refractivity contribution >= 4 is 0 Å². The molecule has 1 N–H and O–H groups in total. The van der Waals surface area contributed by atoms with Crippen molar-refractivity contribution in [1.29, 1.82) is 0 Å². The lowest BCUT2D eigenvalue weighted by molar-refractivity contribution is -0.147. The number of rotatable bonds is 5. The summed E-state index contributed by atoms with van der Waals surface area (Å²) in [4.78, 5) is 0. The molecule has 3 unspecified atom stereocenters. The Labute approximate surface area is 117 Å². The third-order valence-corrected chi connectivity index (χ3v) is 5.44. The molecule has 0 aromatic rings. The Bertz CT molecular complexity index is 284. The highest BCUT2D eigenvalue weighted by Crippen LogP contribution is 2.45. The average Bonchev–Trinajstić information content (AvgIpc) is 2.90. The fraction of sp³-hybridized carbons (Fsp3) is 1.00. The van der Waals surface area contributed by atoms with Gasteiger partial charge in [-0.05, 0) is 63.3 Å². The minimum atomic E-state index is 0.281. The van der Waals surface area contributed by atoms with Gasteiger partial charge in [0, 0.05) is 25.9 Å². The Balaban J connectivity index is 1.58. The van der Waals surface area contributed by atoms with E-state index in [2.05, 4.69) is 12.2 Å². The van der Waals surface area contributed by atoms with Crippen LogP contribution < -0.4 is 5.32 Å². The lowest BCUT2D eigenvalue weighted by Crippen LogP contribution is -2.50. The zero-order chi connectivity index (χ0) is 13.1. The summed E-state index contributed by atoms with van der Waals surface area (Å²) in [5.41, 5.74) is 0.281. The SMILES string of the molecule is CCNC(CC1CCOC1)C1CCOC2(CCC2)C1. The first-order valence-electron chi connectivity index (χ1n) is 8.26. The van der Waals surface area contributed by atoms with Gasteiger partial charge in [-0.1, -0.05) is 6.92 Å². The first-order chi connectivity index (χ1) is 9.31. The largest absolute Gasteiger partial charge is 0.381 e. The average molecular weight is 267 g/mol. The van der Waals surface area contributed by atoms with Gasteiger partial charge in [-0.25, -0.2) is 0 Å². The summed E-state index contributed by atoms with van der Waals surface area (Å²) in [6, 6.07) is 0.679. The van der Waals surface area contributed by atoms with Gasteiger partial charge >= 0.3 is 0 Å². The van der Waals surface area contributed by atoms with Gasteiger partial charge in [0.15, 0.2) is 0 Å². The minimum Gasteiger partial charge on any atom is -0.381 e. The molecule has 0 aromatic heterocycles.